The van der Waals surface area contributed by atoms with E-state index in [1.165, 1.54) is 0 Å². The van der Waals surface area contributed by atoms with Crippen LogP contribution in [-0.2, 0) is 6.42 Å². The van der Waals surface area contributed by atoms with Crippen molar-refractivity contribution in [2.45, 2.75) is 32.7 Å². The van der Waals surface area contributed by atoms with Crippen molar-refractivity contribution < 1.29 is 18.8 Å². The standard InChI is InChI=1S/C24H26N6O4/c1-5-6-21-28-24(34-29-21)17-9-10-25-22(12-17)30-13-18(26-14-30)23(31)27-15(2)16-7-8-19(32-3)20(11-16)33-4/h7-15H,5-6H2,1-4H3,(H,27,31)/t15-/m0/s1. The molecular formula is C24H26N6O4. The molecule has 1 atom stereocenters. The summed E-state index contributed by atoms with van der Waals surface area (Å²) in [7, 11) is 3.15. The number of nitrogens with zero attached hydrogens (tertiary/aromatic N) is 5. The minimum Gasteiger partial charge on any atom is -0.493 e. The predicted octanol–water partition coefficient (Wildman–Crippen LogP) is 3.78. The average Bonchev–Trinajstić information content (AvgIpc) is 3.54. The highest BCUT2D eigenvalue weighted by atomic mass is 16.5. The maximum atomic E-state index is 12.8. The smallest absolute Gasteiger partial charge is 0.271 e. The molecule has 1 N–H and O–H groups in total. The molecule has 4 aromatic rings. The lowest BCUT2D eigenvalue weighted by Crippen LogP contribution is -2.27. The predicted molar refractivity (Wildman–Crippen MR) is 124 cm³/mol. The first-order valence-electron chi connectivity index (χ1n) is 10.9. The van der Waals surface area contributed by atoms with Crippen LogP contribution < -0.4 is 14.8 Å². The number of ether oxygens (including phenoxy) is 2. The Labute approximate surface area is 197 Å². The van der Waals surface area contributed by atoms with Gasteiger partial charge in [0.15, 0.2) is 17.3 Å². The summed E-state index contributed by atoms with van der Waals surface area (Å²) in [6.07, 6.45) is 6.50. The van der Waals surface area contributed by atoms with Gasteiger partial charge in [-0.15, -0.1) is 0 Å². The number of methoxy groups -OCH3 is 2. The minimum atomic E-state index is -0.307. The quantitative estimate of drug-likeness (QED) is 0.399. The van der Waals surface area contributed by atoms with Crippen LogP contribution in [0, 0.1) is 0 Å². The van der Waals surface area contributed by atoms with Crippen LogP contribution in [0.1, 0.15) is 48.2 Å². The lowest BCUT2D eigenvalue weighted by Gasteiger charge is -2.16. The molecule has 0 aliphatic heterocycles. The van der Waals surface area contributed by atoms with Crippen molar-refractivity contribution in [2.75, 3.05) is 14.2 Å². The topological polar surface area (TPSA) is 117 Å². The Morgan fingerprint density at radius 2 is 1.97 bits per heavy atom. The number of carbonyl (C=O) groups is 1. The highest BCUT2D eigenvalue weighted by Crippen LogP contribution is 2.30. The van der Waals surface area contributed by atoms with Gasteiger partial charge in [0.2, 0.25) is 0 Å². The van der Waals surface area contributed by atoms with E-state index >= 15 is 0 Å². The Kier molecular flexibility index (Phi) is 6.86. The zero-order valence-corrected chi connectivity index (χ0v) is 19.5. The minimum absolute atomic E-state index is 0.266. The van der Waals surface area contributed by atoms with Gasteiger partial charge in [-0.2, -0.15) is 4.98 Å². The number of aryl methyl sites for hydroxylation is 1. The SMILES string of the molecule is CCCc1noc(-c2ccnc(-n3cnc(C(=O)N[C@@H](C)c4ccc(OC)c(OC)c4)c3)c2)n1. The second-order valence-electron chi connectivity index (χ2n) is 7.64. The number of hydrogen-bond acceptors (Lipinski definition) is 8. The number of rotatable bonds is 9. The Balaban J connectivity index is 1.48. The van der Waals surface area contributed by atoms with Crippen molar-refractivity contribution in [3.63, 3.8) is 0 Å². The second kappa shape index (κ2) is 10.2. The van der Waals surface area contributed by atoms with E-state index in [2.05, 4.69) is 32.3 Å². The first-order chi connectivity index (χ1) is 16.5. The maximum Gasteiger partial charge on any atom is 0.271 e. The summed E-state index contributed by atoms with van der Waals surface area (Å²) in [5.41, 5.74) is 1.88. The summed E-state index contributed by atoms with van der Waals surface area (Å²) >= 11 is 0. The van der Waals surface area contributed by atoms with Gasteiger partial charge in [-0.1, -0.05) is 18.1 Å². The zero-order valence-electron chi connectivity index (χ0n) is 19.5. The number of aromatic nitrogens is 5. The van der Waals surface area contributed by atoms with Crippen molar-refractivity contribution in [1.29, 1.82) is 0 Å². The van der Waals surface area contributed by atoms with E-state index in [-0.39, 0.29) is 17.6 Å². The number of nitrogens with one attached hydrogen (secondary N) is 1. The van der Waals surface area contributed by atoms with Gasteiger partial charge in [0.25, 0.3) is 11.8 Å². The average molecular weight is 463 g/mol. The highest BCUT2D eigenvalue weighted by molar-refractivity contribution is 5.92. The summed E-state index contributed by atoms with van der Waals surface area (Å²) in [6.45, 7) is 3.94. The van der Waals surface area contributed by atoms with Crippen molar-refractivity contribution in [2.24, 2.45) is 0 Å². The van der Waals surface area contributed by atoms with E-state index in [1.807, 2.05) is 19.1 Å². The molecule has 0 aliphatic rings. The first kappa shape index (κ1) is 23.0. The van der Waals surface area contributed by atoms with Crippen LogP contribution in [0.4, 0.5) is 0 Å². The van der Waals surface area contributed by atoms with Crippen molar-refractivity contribution >= 4 is 5.91 Å². The molecule has 176 valence electrons. The molecule has 0 unspecified atom stereocenters. The Morgan fingerprint density at radius 1 is 1.15 bits per heavy atom. The lowest BCUT2D eigenvalue weighted by atomic mass is 10.1. The molecule has 0 saturated heterocycles. The van der Waals surface area contributed by atoms with Crippen LogP contribution in [0.5, 0.6) is 11.5 Å². The molecule has 3 aromatic heterocycles. The molecule has 0 fully saturated rings. The van der Waals surface area contributed by atoms with Gasteiger partial charge in [-0.05, 0) is 43.2 Å². The van der Waals surface area contributed by atoms with Gasteiger partial charge < -0.3 is 19.3 Å². The van der Waals surface area contributed by atoms with E-state index in [9.17, 15) is 4.79 Å². The van der Waals surface area contributed by atoms with Crippen molar-refractivity contribution in [3.8, 4) is 28.8 Å². The highest BCUT2D eigenvalue weighted by Gasteiger charge is 2.17. The Bertz CT molecular complexity index is 1280. The maximum absolute atomic E-state index is 12.8. The van der Waals surface area contributed by atoms with Crippen molar-refractivity contribution in [1.82, 2.24) is 30.0 Å². The number of pyridine rings is 1. The second-order valence-corrected chi connectivity index (χ2v) is 7.64. The third-order valence-electron chi connectivity index (χ3n) is 5.27. The van der Waals surface area contributed by atoms with E-state index in [1.54, 1.807) is 55.7 Å². The monoisotopic (exact) mass is 462 g/mol. The molecule has 0 bridgehead atoms. The number of hydrogen-bond donors (Lipinski definition) is 1. The fourth-order valence-corrected chi connectivity index (χ4v) is 3.43. The molecular weight excluding hydrogens is 436 g/mol. The summed E-state index contributed by atoms with van der Waals surface area (Å²) in [4.78, 5) is 25.8. The molecule has 1 amide bonds. The van der Waals surface area contributed by atoms with E-state index in [0.717, 1.165) is 24.0 Å². The molecule has 3 heterocycles. The van der Waals surface area contributed by atoms with Gasteiger partial charge in [0, 0.05) is 24.4 Å². The molecule has 10 heteroatoms. The van der Waals surface area contributed by atoms with Gasteiger partial charge in [-0.3, -0.25) is 9.36 Å². The Morgan fingerprint density at radius 3 is 2.74 bits per heavy atom. The van der Waals surface area contributed by atoms with Crippen LogP contribution >= 0.6 is 0 Å². The third kappa shape index (κ3) is 4.90. The summed E-state index contributed by atoms with van der Waals surface area (Å²) in [5, 5.41) is 6.94. The third-order valence-corrected chi connectivity index (χ3v) is 5.27. The number of carbonyl (C=O) groups excluding carboxylic acids is 1. The first-order valence-corrected chi connectivity index (χ1v) is 10.9. The molecule has 0 spiro atoms. The van der Waals surface area contributed by atoms with E-state index in [4.69, 9.17) is 14.0 Å². The summed E-state index contributed by atoms with van der Waals surface area (Å²) < 4.78 is 17.6. The fourth-order valence-electron chi connectivity index (χ4n) is 3.43. The summed E-state index contributed by atoms with van der Waals surface area (Å²) in [6, 6.07) is 8.85. The van der Waals surface area contributed by atoms with Crippen LogP contribution in [0.2, 0.25) is 0 Å². The van der Waals surface area contributed by atoms with Gasteiger partial charge >= 0.3 is 0 Å². The lowest BCUT2D eigenvalue weighted by molar-refractivity contribution is 0.0935. The van der Waals surface area contributed by atoms with E-state index in [0.29, 0.717) is 29.0 Å². The molecule has 1 aromatic carbocycles. The molecule has 0 saturated carbocycles. The number of amides is 1. The van der Waals surface area contributed by atoms with Crippen LogP contribution in [0.3, 0.4) is 0 Å². The zero-order chi connectivity index (χ0) is 24.1. The Hall–Kier alpha value is -4.21. The molecule has 0 radical (unpaired) electrons. The molecule has 10 nitrogen and oxygen atoms in total. The van der Waals surface area contributed by atoms with Crippen LogP contribution in [0.25, 0.3) is 17.3 Å². The largest absolute Gasteiger partial charge is 0.493 e. The van der Waals surface area contributed by atoms with E-state index < -0.39 is 0 Å². The van der Waals surface area contributed by atoms with Crippen molar-refractivity contribution in [3.05, 3.63) is 66.1 Å². The number of benzene rings is 1. The van der Waals surface area contributed by atoms with Gasteiger partial charge in [0.05, 0.1) is 20.3 Å². The normalized spacial score (nSPS) is 11.8. The number of imidazole rings is 1. The van der Waals surface area contributed by atoms with Crippen LogP contribution in [-0.4, -0.2) is 44.8 Å². The van der Waals surface area contributed by atoms with Gasteiger partial charge in [-0.25, -0.2) is 9.97 Å². The molecule has 34 heavy (non-hydrogen) atoms. The summed E-state index contributed by atoms with van der Waals surface area (Å²) in [5.74, 6) is 2.58. The molecule has 0 aliphatic carbocycles. The van der Waals surface area contributed by atoms with Crippen LogP contribution in [0.15, 0.2) is 53.6 Å². The van der Waals surface area contributed by atoms with Gasteiger partial charge in [0.1, 0.15) is 17.8 Å². The fraction of sp³-hybridized carbons (Fsp3) is 0.292. The molecule has 4 rings (SSSR count).